The number of alkyl halides is 5. The molecule has 0 aliphatic carbocycles. The van der Waals surface area contributed by atoms with Gasteiger partial charge in [0.1, 0.15) is 57.6 Å². The average Bonchev–Trinajstić information content (AvgIpc) is 0.780. The number of ether oxygens (including phenoxy) is 4. The third kappa shape index (κ3) is 38.5. The minimum atomic E-state index is -1.11. The fourth-order valence-corrected chi connectivity index (χ4v) is 14.7. The zero-order chi connectivity index (χ0) is 84.3. The van der Waals surface area contributed by atoms with Gasteiger partial charge in [-0.15, -0.1) is 12.4 Å². The molecular weight excluding hydrogens is 1910 g/mol. The second-order valence-electron chi connectivity index (χ2n) is 27.0. The van der Waals surface area contributed by atoms with E-state index in [4.69, 9.17) is 76.0 Å². The molecule has 123 heavy (non-hydrogen) atoms. The van der Waals surface area contributed by atoms with Crippen LogP contribution in [0.5, 0.6) is 12.0 Å². The van der Waals surface area contributed by atoms with Crippen molar-refractivity contribution in [3.63, 3.8) is 0 Å². The summed E-state index contributed by atoms with van der Waals surface area (Å²) in [5.74, 6) is -1.06. The molecule has 40 heteroatoms. The molecule has 2 aromatic heterocycles. The van der Waals surface area contributed by atoms with Crippen molar-refractivity contribution in [2.45, 2.75) is 96.4 Å². The fraction of sp³-hybridized carbons (Fsp3) is 0.458. The number of likely N-dealkylation sites (tertiary alicyclic amines) is 2. The molecule has 4 atom stereocenters. The molecule has 6 aromatic rings. The fourth-order valence-electron chi connectivity index (χ4n) is 14.0. The van der Waals surface area contributed by atoms with Crippen molar-refractivity contribution in [3.05, 3.63) is 189 Å². The summed E-state index contributed by atoms with van der Waals surface area (Å²) in [5.41, 5.74) is 6.44. The summed E-state index contributed by atoms with van der Waals surface area (Å²) in [4.78, 5) is 95.4. The van der Waals surface area contributed by atoms with E-state index in [-0.39, 0.29) is 126 Å². The van der Waals surface area contributed by atoms with E-state index in [0.29, 0.717) is 101 Å². The number of fused-ring (bicyclic) bond motifs is 4. The van der Waals surface area contributed by atoms with E-state index in [1.807, 2.05) is 24.3 Å². The number of hydrogen-bond donors (Lipinski definition) is 2. The molecule has 0 saturated carbocycles. The van der Waals surface area contributed by atoms with E-state index in [2.05, 4.69) is 127 Å². The summed E-state index contributed by atoms with van der Waals surface area (Å²) in [6.45, 7) is 26.5. The van der Waals surface area contributed by atoms with Crippen LogP contribution in [0.3, 0.4) is 0 Å². The third-order valence-electron chi connectivity index (χ3n) is 19.4. The molecular formula is C83H110AgBrCl3F5N13NaO12S4. The second-order valence-corrected chi connectivity index (χ2v) is 28.5. The predicted molar refractivity (Wildman–Crippen MR) is 493 cm³/mol. The van der Waals surface area contributed by atoms with Gasteiger partial charge in [0.15, 0.2) is 0 Å². The number of halogens is 9. The average molecular weight is 2020 g/mol. The third-order valence-corrected chi connectivity index (χ3v) is 20.4. The molecule has 0 unspecified atom stereocenters. The van der Waals surface area contributed by atoms with Crippen LogP contribution < -0.4 is 58.6 Å². The number of carbonyl (C=O) groups is 5. The number of likely N-dealkylation sites (N-methyl/N-ethyl adjacent to an activating group) is 2. The van der Waals surface area contributed by atoms with E-state index >= 15 is 0 Å². The van der Waals surface area contributed by atoms with Gasteiger partial charge in [0.2, 0.25) is 19.0 Å². The molecule has 25 nitrogen and oxygen atoms in total. The zero-order valence-electron chi connectivity index (χ0n) is 69.3. The molecule has 6 aliphatic rings. The number of hydrogen-bond acceptors (Lipinski definition) is 20. The first-order chi connectivity index (χ1) is 56.2. The van der Waals surface area contributed by atoms with Gasteiger partial charge in [-0.2, -0.15) is 73.9 Å². The minimum Gasteiger partial charge on any atom is -0.870 e. The van der Waals surface area contributed by atoms with Gasteiger partial charge in [-0.3, -0.25) is 4.79 Å². The Morgan fingerprint density at radius 1 is 0.545 bits per heavy atom. The molecule has 8 heterocycles. The maximum Gasteiger partial charge on any atom is 1.00 e. The monoisotopic (exact) mass is 2020 g/mol. The summed E-state index contributed by atoms with van der Waals surface area (Å²) in [7, 11) is 4.28. The maximum atomic E-state index is 12.8. The van der Waals surface area contributed by atoms with Gasteiger partial charge in [0.25, 0.3) is 0 Å². The Kier molecular flexibility index (Phi) is 63.5. The van der Waals surface area contributed by atoms with Crippen molar-refractivity contribution in [2.24, 2.45) is 5.92 Å². The van der Waals surface area contributed by atoms with Gasteiger partial charge in [0.05, 0.1) is 47.7 Å². The number of allylic oxidation sites excluding steroid dienone is 5. The van der Waals surface area contributed by atoms with Crippen molar-refractivity contribution in [3.8, 4) is 12.0 Å². The van der Waals surface area contributed by atoms with Gasteiger partial charge in [0, 0.05) is 133 Å². The molecule has 0 spiro atoms. The zero-order valence-corrected chi connectivity index (χ0v) is 80.7. The van der Waals surface area contributed by atoms with Crippen LogP contribution >= 0.6 is 106 Å². The Morgan fingerprint density at radius 3 is 1.34 bits per heavy atom. The van der Waals surface area contributed by atoms with Crippen LogP contribution in [0.15, 0.2) is 134 Å². The van der Waals surface area contributed by atoms with Gasteiger partial charge >= 0.3 is 90.1 Å². The van der Waals surface area contributed by atoms with Gasteiger partial charge in [-0.1, -0.05) is 93.7 Å². The summed E-state index contributed by atoms with van der Waals surface area (Å²) in [5, 5.41) is 22.1. The summed E-state index contributed by atoms with van der Waals surface area (Å²) in [6, 6.07) is 25.9. The molecule has 0 radical (unpaired) electrons. The van der Waals surface area contributed by atoms with E-state index in [9.17, 15) is 44.6 Å². The molecule has 6 aliphatic heterocycles. The molecule has 4 saturated heterocycles. The van der Waals surface area contributed by atoms with Crippen LogP contribution in [0.25, 0.3) is 31.2 Å². The van der Waals surface area contributed by atoms with Gasteiger partial charge in [-0.05, 0) is 152 Å². The summed E-state index contributed by atoms with van der Waals surface area (Å²) >= 11 is 18.0. The van der Waals surface area contributed by atoms with Crippen LogP contribution in [0.1, 0.15) is 74.9 Å². The number of aliphatic carboxylic acids is 2. The van der Waals surface area contributed by atoms with Crippen LogP contribution in [0.2, 0.25) is 10.0 Å². The molecule has 3 N–H and O–H groups in total. The van der Waals surface area contributed by atoms with Crippen molar-refractivity contribution < 1.29 is 130 Å². The maximum absolute atomic E-state index is 12.8. The number of piperidine rings is 1. The van der Waals surface area contributed by atoms with Crippen LogP contribution in [-0.2, 0) is 81.0 Å². The van der Waals surface area contributed by atoms with Crippen molar-refractivity contribution in [2.75, 3.05) is 164 Å². The predicted octanol–water partition coefficient (Wildman–Crippen LogP) is 12.1. The normalized spacial score (nSPS) is 16.8. The second kappa shape index (κ2) is 65.9. The quantitative estimate of drug-likeness (QED) is 0.0142. The minimum absolute atomic E-state index is 0. The van der Waals surface area contributed by atoms with Gasteiger partial charge in [-0.25, -0.2) is 49.9 Å². The number of carboxylic acid groups (broad SMARTS) is 2. The van der Waals surface area contributed by atoms with E-state index in [1.54, 1.807) is 24.8 Å². The molecule has 4 aromatic carbocycles. The summed E-state index contributed by atoms with van der Waals surface area (Å²) < 4.78 is 76.9. The van der Waals surface area contributed by atoms with E-state index in [0.717, 1.165) is 192 Å². The van der Waals surface area contributed by atoms with Crippen LogP contribution in [0.4, 0.5) is 43.6 Å². The first-order valence-electron chi connectivity index (χ1n) is 38.0. The molecule has 4 fully saturated rings. The number of amides is 1. The topological polar surface area (TPSA) is 276 Å². The van der Waals surface area contributed by atoms with E-state index in [1.165, 1.54) is 51.8 Å². The molecule has 678 valence electrons. The Hall–Kier alpha value is -6.59. The SMILES string of the molecule is CCOC(=O)/C=C/CBr.CCOC(=O)/C=C/CF.Cl.O=C(O)/C=C/CF.O=C(O)/C=C/CF.S.S.S.S.[C-]#[N+]C[C@@H]1CCCN(c2nc(OC[C@@H]3CCCN3C)nc3c2CCN(c2cccc4cccc(Cl)c24)C3)C1.[C-]#[N+]C[C@H]1CN(c2nc(OC[C@@H]3CCCN3C)nc3c2CCN(c2cccc4cccc(Cl)c24)C3)CCN1C(=O)/C=C/CF.[F][Ag].[Na+].[OH-]. The first kappa shape index (κ1) is 118. The Bertz CT molecular complexity index is 4390. The summed E-state index contributed by atoms with van der Waals surface area (Å²) in [6.07, 6.45) is 19.5. The van der Waals surface area contributed by atoms with Crippen molar-refractivity contribution in [1.29, 1.82) is 0 Å². The van der Waals surface area contributed by atoms with Gasteiger partial charge < -0.3 is 78.6 Å². The molecule has 1 amide bonds. The standard InChI is InChI=1S/C33H37ClFN7O2.C30H35ClN6O.C6H9BrO2.C6H9FO2.2C4H5FO2.Ag.ClH.FH.Na.H2O.4H2S/c1-36-19-25-20-41(17-18-42(25)30(43)12-5-14-35)32-26-13-16-40(29-11-4-8-23-7-3-10-27(34)31(23)29)21-28(26)37-33(38-32)44-22-24-9-6-15-39(24)2;1-32-17-21-7-5-15-37(18-21)29-24-13-16-36(27-12-4-9-22-8-3-11-25(31)28(22)27)19-26(24)33-30(34-29)38-20-23-10-6-14-35(23)2;2*1-2-9-6(8)4-3-5-7;2*5-3-1-2-4(6)7;;;;;;;;;/h3-5,7-8,10-12,24-25H,6,9,13-22H2,2H3;3-4,8-9,11-12,21,23H,5-7,10,13-20H2,2H3;2*3-4H,2,5H2,1H3;2*1-2H,3H2,(H,6,7);;2*1H;;5*1H2/q;;;;;;+1;;;+1;;;;;/p-2/b12-5+;;2*4-3+;2*2-1+;;;;;;;;;/t24-,25-;21-,23-;;;;;;;;;;;;;/m00............./s1. The number of rotatable bonds is 24. The number of carbonyl (C=O) groups excluding carboxylic acids is 3. The number of nitrogens with zero attached hydrogens (tertiary/aromatic N) is 13. The molecule has 12 rings (SSSR count). The Balaban J connectivity index is 0. The number of benzene rings is 4. The van der Waals surface area contributed by atoms with E-state index < -0.39 is 44.6 Å². The van der Waals surface area contributed by atoms with Crippen LogP contribution in [0, 0.1) is 19.1 Å². The number of piperazine rings is 1. The molecule has 0 bridgehead atoms. The Labute approximate surface area is 805 Å². The van der Waals surface area contributed by atoms with Crippen molar-refractivity contribution in [1.82, 2.24) is 34.6 Å². The first-order valence-corrected chi connectivity index (χ1v) is 40.5. The largest absolute Gasteiger partial charge is 1.00 e. The Morgan fingerprint density at radius 2 is 0.951 bits per heavy atom. The smallest absolute Gasteiger partial charge is 0.870 e. The number of aromatic nitrogens is 4. The van der Waals surface area contributed by atoms with Crippen molar-refractivity contribution >= 4 is 180 Å². The number of anilines is 4. The number of esters is 2. The number of carboxylic acids is 2. The van der Waals surface area contributed by atoms with Crippen LogP contribution in [-0.4, -0.2) is 243 Å².